The lowest BCUT2D eigenvalue weighted by atomic mass is 10.1. The first-order chi connectivity index (χ1) is 10.7. The summed E-state index contributed by atoms with van der Waals surface area (Å²) in [4.78, 5) is 11.0. The van der Waals surface area contributed by atoms with E-state index in [-0.39, 0.29) is 0 Å². The van der Waals surface area contributed by atoms with Gasteiger partial charge in [0.15, 0.2) is 0 Å². The van der Waals surface area contributed by atoms with E-state index in [0.717, 1.165) is 28.2 Å². The van der Waals surface area contributed by atoms with Crippen molar-refractivity contribution in [1.29, 1.82) is 5.26 Å². The summed E-state index contributed by atoms with van der Waals surface area (Å²) in [6.45, 7) is 5.07. The van der Waals surface area contributed by atoms with E-state index in [9.17, 15) is 5.26 Å². The Morgan fingerprint density at radius 2 is 2.27 bits per heavy atom. The Bertz CT molecular complexity index is 746. The van der Waals surface area contributed by atoms with Crippen molar-refractivity contribution in [1.82, 2.24) is 9.88 Å². The fourth-order valence-electron chi connectivity index (χ4n) is 2.19. The fraction of sp³-hybridized carbons (Fsp3) is 0.235. The van der Waals surface area contributed by atoms with Crippen LogP contribution < -0.4 is 0 Å². The van der Waals surface area contributed by atoms with Gasteiger partial charge in [0.1, 0.15) is 6.07 Å². The molecule has 112 valence electrons. The third-order valence-corrected chi connectivity index (χ3v) is 3.91. The SMILES string of the molecule is C=CN=C(CN(C)Cc1ccc2cccc(C#N)c2n1)SC. The van der Waals surface area contributed by atoms with E-state index in [0.29, 0.717) is 12.1 Å². The van der Waals surface area contributed by atoms with Gasteiger partial charge in [0, 0.05) is 24.7 Å². The normalized spacial score (nSPS) is 11.6. The third-order valence-electron chi connectivity index (χ3n) is 3.21. The summed E-state index contributed by atoms with van der Waals surface area (Å²) in [5.41, 5.74) is 2.32. The van der Waals surface area contributed by atoms with Crippen LogP contribution in [0.4, 0.5) is 0 Å². The van der Waals surface area contributed by atoms with Gasteiger partial charge in [-0.25, -0.2) is 0 Å². The van der Waals surface area contributed by atoms with Gasteiger partial charge in [-0.05, 0) is 25.4 Å². The monoisotopic (exact) mass is 310 g/mol. The molecular weight excluding hydrogens is 292 g/mol. The molecule has 0 aliphatic rings. The van der Waals surface area contributed by atoms with Crippen LogP contribution in [0.1, 0.15) is 11.3 Å². The van der Waals surface area contributed by atoms with Crippen molar-refractivity contribution in [2.24, 2.45) is 4.99 Å². The van der Waals surface area contributed by atoms with E-state index in [4.69, 9.17) is 0 Å². The first-order valence-electron chi connectivity index (χ1n) is 6.86. The number of nitriles is 1. The summed E-state index contributed by atoms with van der Waals surface area (Å²) in [5, 5.41) is 11.2. The van der Waals surface area contributed by atoms with Crippen LogP contribution in [0.3, 0.4) is 0 Å². The second kappa shape index (κ2) is 7.74. The Kier molecular flexibility index (Phi) is 5.70. The maximum absolute atomic E-state index is 9.19. The standard InChI is InChI=1S/C17H18N4S/c1-4-19-16(22-3)12-21(2)11-15-9-8-13-6-5-7-14(10-18)17(13)20-15/h4-9H,1,11-12H2,2-3H3. The molecule has 2 aromatic rings. The number of hydrogen-bond donors (Lipinski definition) is 0. The number of para-hydroxylation sites is 1. The van der Waals surface area contributed by atoms with Crippen molar-refractivity contribution >= 4 is 27.7 Å². The molecule has 4 nitrogen and oxygen atoms in total. The first-order valence-corrected chi connectivity index (χ1v) is 8.09. The summed E-state index contributed by atoms with van der Waals surface area (Å²) in [5.74, 6) is 0. The minimum absolute atomic E-state index is 0.611. The minimum atomic E-state index is 0.611. The highest BCUT2D eigenvalue weighted by Gasteiger charge is 2.08. The summed E-state index contributed by atoms with van der Waals surface area (Å²) >= 11 is 1.62. The van der Waals surface area contributed by atoms with Crippen molar-refractivity contribution in [2.75, 3.05) is 19.8 Å². The Morgan fingerprint density at radius 3 is 2.95 bits per heavy atom. The van der Waals surface area contributed by atoms with Gasteiger partial charge in [0.2, 0.25) is 0 Å². The summed E-state index contributed by atoms with van der Waals surface area (Å²) in [7, 11) is 2.02. The van der Waals surface area contributed by atoms with Gasteiger partial charge in [0.05, 0.1) is 21.8 Å². The molecule has 22 heavy (non-hydrogen) atoms. The Morgan fingerprint density at radius 1 is 1.45 bits per heavy atom. The van der Waals surface area contributed by atoms with Crippen molar-refractivity contribution in [3.63, 3.8) is 0 Å². The maximum atomic E-state index is 9.19. The van der Waals surface area contributed by atoms with E-state index in [1.54, 1.807) is 24.0 Å². The van der Waals surface area contributed by atoms with Gasteiger partial charge in [-0.3, -0.25) is 14.9 Å². The molecular formula is C17H18N4S. The third kappa shape index (κ3) is 3.94. The van der Waals surface area contributed by atoms with E-state index >= 15 is 0 Å². The maximum Gasteiger partial charge on any atom is 0.101 e. The Hall–Kier alpha value is -2.16. The zero-order valence-corrected chi connectivity index (χ0v) is 13.6. The lowest BCUT2D eigenvalue weighted by Crippen LogP contribution is -2.24. The molecule has 0 saturated heterocycles. The number of aromatic nitrogens is 1. The van der Waals surface area contributed by atoms with Crippen LogP contribution in [0.15, 0.2) is 48.1 Å². The second-order valence-corrected chi connectivity index (χ2v) is 5.75. The summed E-state index contributed by atoms with van der Waals surface area (Å²) < 4.78 is 0. The van der Waals surface area contributed by atoms with Gasteiger partial charge in [-0.1, -0.05) is 24.8 Å². The highest BCUT2D eigenvalue weighted by Crippen LogP contribution is 2.17. The van der Waals surface area contributed by atoms with E-state index in [2.05, 4.69) is 27.5 Å². The predicted molar refractivity (Wildman–Crippen MR) is 93.9 cm³/mol. The molecule has 0 amide bonds. The fourth-order valence-corrected chi connectivity index (χ4v) is 2.72. The lowest BCUT2D eigenvalue weighted by Gasteiger charge is -2.16. The molecule has 0 aliphatic heterocycles. The zero-order valence-electron chi connectivity index (χ0n) is 12.8. The van der Waals surface area contributed by atoms with Crippen molar-refractivity contribution in [2.45, 2.75) is 6.54 Å². The first kappa shape index (κ1) is 16.2. The van der Waals surface area contributed by atoms with Crippen LogP contribution in [-0.4, -0.2) is 34.8 Å². The molecule has 0 radical (unpaired) electrons. The molecule has 0 fully saturated rings. The number of fused-ring (bicyclic) bond motifs is 1. The molecule has 0 spiro atoms. The lowest BCUT2D eigenvalue weighted by molar-refractivity contribution is 0.371. The average Bonchev–Trinajstić information content (AvgIpc) is 2.53. The van der Waals surface area contributed by atoms with Gasteiger partial charge in [0.25, 0.3) is 0 Å². The second-order valence-electron chi connectivity index (χ2n) is 4.87. The molecule has 5 heteroatoms. The summed E-state index contributed by atoms with van der Waals surface area (Å²) in [6.07, 6.45) is 3.57. The number of thioether (sulfide) groups is 1. The predicted octanol–water partition coefficient (Wildman–Crippen LogP) is 3.44. The molecule has 0 saturated carbocycles. The molecule has 0 bridgehead atoms. The number of hydrogen-bond acceptors (Lipinski definition) is 5. The van der Waals surface area contributed by atoms with Crippen LogP contribution in [0, 0.1) is 11.3 Å². The van der Waals surface area contributed by atoms with E-state index in [1.165, 1.54) is 0 Å². The van der Waals surface area contributed by atoms with Gasteiger partial charge >= 0.3 is 0 Å². The molecule has 0 atom stereocenters. The molecule has 0 unspecified atom stereocenters. The molecule has 0 N–H and O–H groups in total. The summed E-state index contributed by atoms with van der Waals surface area (Å²) in [6, 6.07) is 11.9. The van der Waals surface area contributed by atoms with Crippen molar-refractivity contribution < 1.29 is 0 Å². The van der Waals surface area contributed by atoms with Crippen molar-refractivity contribution in [3.8, 4) is 6.07 Å². The van der Waals surface area contributed by atoms with Crippen LogP contribution in [-0.2, 0) is 6.54 Å². The highest BCUT2D eigenvalue weighted by molar-refractivity contribution is 8.13. The minimum Gasteiger partial charge on any atom is -0.294 e. The molecule has 1 aromatic heterocycles. The smallest absolute Gasteiger partial charge is 0.101 e. The molecule has 2 rings (SSSR count). The molecule has 1 aromatic carbocycles. The number of nitrogens with zero attached hydrogens (tertiary/aromatic N) is 4. The van der Waals surface area contributed by atoms with E-state index < -0.39 is 0 Å². The Balaban J connectivity index is 2.20. The topological polar surface area (TPSA) is 52.3 Å². The highest BCUT2D eigenvalue weighted by atomic mass is 32.2. The van der Waals surface area contributed by atoms with Gasteiger partial charge in [-0.2, -0.15) is 5.26 Å². The van der Waals surface area contributed by atoms with E-state index in [1.807, 2.05) is 37.6 Å². The van der Waals surface area contributed by atoms with Crippen LogP contribution >= 0.6 is 11.8 Å². The zero-order chi connectivity index (χ0) is 15.9. The van der Waals surface area contributed by atoms with Gasteiger partial charge < -0.3 is 0 Å². The van der Waals surface area contributed by atoms with Crippen molar-refractivity contribution in [3.05, 3.63) is 54.4 Å². The average molecular weight is 310 g/mol. The molecule has 1 heterocycles. The van der Waals surface area contributed by atoms with Crippen LogP contribution in [0.2, 0.25) is 0 Å². The number of aliphatic imine (C=N–C) groups is 1. The number of rotatable bonds is 5. The largest absolute Gasteiger partial charge is 0.294 e. The van der Waals surface area contributed by atoms with Gasteiger partial charge in [-0.15, -0.1) is 11.8 Å². The quantitative estimate of drug-likeness (QED) is 0.627. The number of pyridine rings is 1. The van der Waals surface area contributed by atoms with Crippen LogP contribution in [0.25, 0.3) is 10.9 Å². The van der Waals surface area contributed by atoms with Crippen LogP contribution in [0.5, 0.6) is 0 Å². The number of benzene rings is 1. The molecule has 0 aliphatic carbocycles. The Labute approximate surface area is 135 Å².